The molecular weight excluding hydrogens is 322 g/mol. The molecule has 7 nitrogen and oxygen atoms in total. The van der Waals surface area contributed by atoms with Gasteiger partial charge in [-0.2, -0.15) is 0 Å². The zero-order valence-corrected chi connectivity index (χ0v) is 15.1. The smallest absolute Gasteiger partial charge is 0.303 e. The van der Waals surface area contributed by atoms with Crippen molar-refractivity contribution < 1.29 is 24.0 Å². The SMILES string of the molecule is CC(=O)OCC(=O)N1CC[NH+](CC(=O)Nc2c(C)cccc2C)CC1. The summed E-state index contributed by atoms with van der Waals surface area (Å²) in [6, 6.07) is 5.92. The monoisotopic (exact) mass is 348 g/mol. The van der Waals surface area contributed by atoms with Crippen molar-refractivity contribution in [2.45, 2.75) is 20.8 Å². The summed E-state index contributed by atoms with van der Waals surface area (Å²) in [4.78, 5) is 37.8. The van der Waals surface area contributed by atoms with Gasteiger partial charge in [-0.3, -0.25) is 14.4 Å². The van der Waals surface area contributed by atoms with Crippen molar-refractivity contribution in [2.24, 2.45) is 0 Å². The fourth-order valence-electron chi connectivity index (χ4n) is 2.93. The number of para-hydroxylation sites is 1. The van der Waals surface area contributed by atoms with Crippen LogP contribution in [0.1, 0.15) is 18.1 Å². The Labute approximate surface area is 147 Å². The van der Waals surface area contributed by atoms with E-state index in [1.165, 1.54) is 6.92 Å². The number of esters is 1. The molecule has 7 heteroatoms. The molecule has 25 heavy (non-hydrogen) atoms. The van der Waals surface area contributed by atoms with Gasteiger partial charge in [0, 0.05) is 12.6 Å². The number of ether oxygens (including phenoxy) is 1. The van der Waals surface area contributed by atoms with E-state index in [4.69, 9.17) is 4.74 Å². The summed E-state index contributed by atoms with van der Waals surface area (Å²) in [6.45, 7) is 7.92. The number of carbonyl (C=O) groups is 3. The Kier molecular flexibility index (Phi) is 6.52. The van der Waals surface area contributed by atoms with E-state index >= 15 is 0 Å². The highest BCUT2D eigenvalue weighted by atomic mass is 16.5. The highest BCUT2D eigenvalue weighted by Crippen LogP contribution is 2.18. The lowest BCUT2D eigenvalue weighted by Crippen LogP contribution is -3.15. The highest BCUT2D eigenvalue weighted by Gasteiger charge is 2.25. The average molecular weight is 348 g/mol. The number of aryl methyl sites for hydroxylation is 2. The molecule has 1 aromatic rings. The number of piperazine rings is 1. The van der Waals surface area contributed by atoms with Crippen LogP contribution in [-0.2, 0) is 19.1 Å². The molecule has 136 valence electrons. The van der Waals surface area contributed by atoms with E-state index in [1.807, 2.05) is 32.0 Å². The Hall–Kier alpha value is -2.41. The number of carbonyl (C=O) groups excluding carboxylic acids is 3. The molecule has 1 heterocycles. The topological polar surface area (TPSA) is 80.2 Å². The summed E-state index contributed by atoms with van der Waals surface area (Å²) in [6.07, 6.45) is 0. The number of benzene rings is 1. The van der Waals surface area contributed by atoms with E-state index in [0.29, 0.717) is 32.7 Å². The third-order valence-corrected chi connectivity index (χ3v) is 4.38. The average Bonchev–Trinajstić information content (AvgIpc) is 2.57. The molecule has 2 rings (SSSR count). The van der Waals surface area contributed by atoms with Crippen molar-refractivity contribution in [1.29, 1.82) is 0 Å². The Bertz CT molecular complexity index is 631. The normalized spacial score (nSPS) is 14.9. The summed E-state index contributed by atoms with van der Waals surface area (Å²) in [5.41, 5.74) is 2.97. The molecule has 1 aliphatic rings. The third kappa shape index (κ3) is 5.56. The molecule has 0 spiro atoms. The maximum absolute atomic E-state index is 12.3. The molecule has 1 aromatic carbocycles. The lowest BCUT2D eigenvalue weighted by molar-refractivity contribution is -0.895. The zero-order valence-electron chi connectivity index (χ0n) is 15.1. The van der Waals surface area contributed by atoms with Gasteiger partial charge in [-0.15, -0.1) is 0 Å². The highest BCUT2D eigenvalue weighted by molar-refractivity contribution is 5.93. The number of anilines is 1. The van der Waals surface area contributed by atoms with Gasteiger partial charge in [-0.25, -0.2) is 0 Å². The first-order valence-corrected chi connectivity index (χ1v) is 8.47. The number of rotatable bonds is 5. The largest absolute Gasteiger partial charge is 0.456 e. The number of hydrogen-bond acceptors (Lipinski definition) is 4. The van der Waals surface area contributed by atoms with Crippen LogP contribution in [0.4, 0.5) is 5.69 Å². The van der Waals surface area contributed by atoms with Gasteiger partial charge >= 0.3 is 5.97 Å². The molecule has 0 aliphatic carbocycles. The number of nitrogens with one attached hydrogen (secondary N) is 2. The van der Waals surface area contributed by atoms with Gasteiger partial charge in [0.05, 0.1) is 26.2 Å². The molecule has 2 N–H and O–H groups in total. The van der Waals surface area contributed by atoms with Crippen molar-refractivity contribution >= 4 is 23.5 Å². The molecule has 0 bridgehead atoms. The first-order valence-electron chi connectivity index (χ1n) is 8.47. The summed E-state index contributed by atoms with van der Waals surface area (Å²) >= 11 is 0. The molecular formula is C18H26N3O4+. The minimum absolute atomic E-state index is 0.0212. The maximum atomic E-state index is 12.3. The second-order valence-electron chi connectivity index (χ2n) is 6.40. The molecule has 0 aromatic heterocycles. The molecule has 0 saturated carbocycles. The Balaban J connectivity index is 1.79. The van der Waals surface area contributed by atoms with Crippen molar-refractivity contribution in [2.75, 3.05) is 44.6 Å². The minimum Gasteiger partial charge on any atom is -0.456 e. The van der Waals surface area contributed by atoms with Crippen LogP contribution in [0.25, 0.3) is 0 Å². The second kappa shape index (κ2) is 8.62. The van der Waals surface area contributed by atoms with Crippen LogP contribution in [0.15, 0.2) is 18.2 Å². The van der Waals surface area contributed by atoms with Crippen LogP contribution < -0.4 is 10.2 Å². The second-order valence-corrected chi connectivity index (χ2v) is 6.40. The molecule has 1 fully saturated rings. The van der Waals surface area contributed by atoms with E-state index in [0.717, 1.165) is 21.7 Å². The van der Waals surface area contributed by atoms with Gasteiger partial charge in [-0.05, 0) is 25.0 Å². The van der Waals surface area contributed by atoms with Gasteiger partial charge in [-0.1, -0.05) is 18.2 Å². The quantitative estimate of drug-likeness (QED) is 0.705. The summed E-state index contributed by atoms with van der Waals surface area (Å²) in [5.74, 6) is -0.665. The van der Waals surface area contributed by atoms with E-state index in [-0.39, 0.29) is 18.4 Å². The maximum Gasteiger partial charge on any atom is 0.303 e. The van der Waals surface area contributed by atoms with Crippen molar-refractivity contribution in [3.8, 4) is 0 Å². The first kappa shape index (κ1) is 18.9. The number of amides is 2. The summed E-state index contributed by atoms with van der Waals surface area (Å²) < 4.78 is 4.74. The van der Waals surface area contributed by atoms with Gasteiger partial charge in [0.25, 0.3) is 11.8 Å². The van der Waals surface area contributed by atoms with Crippen LogP contribution in [0.3, 0.4) is 0 Å². The lowest BCUT2D eigenvalue weighted by Gasteiger charge is -2.31. The summed E-state index contributed by atoms with van der Waals surface area (Å²) in [5, 5.41) is 2.99. The van der Waals surface area contributed by atoms with E-state index < -0.39 is 5.97 Å². The fraction of sp³-hybridized carbons (Fsp3) is 0.500. The number of hydrogen-bond donors (Lipinski definition) is 2. The standard InChI is InChI=1S/C18H25N3O4/c1-13-5-4-6-14(2)18(13)19-16(23)11-20-7-9-21(10-8-20)17(24)12-25-15(3)22/h4-6H,7-12H2,1-3H3,(H,19,23)/p+1. The molecule has 0 radical (unpaired) electrons. The van der Waals surface area contributed by atoms with Crippen LogP contribution in [-0.4, -0.2) is 62.0 Å². The van der Waals surface area contributed by atoms with Crippen LogP contribution in [0, 0.1) is 13.8 Å². The predicted octanol–water partition coefficient (Wildman–Crippen LogP) is -0.468. The van der Waals surface area contributed by atoms with Crippen LogP contribution in [0.2, 0.25) is 0 Å². The van der Waals surface area contributed by atoms with Crippen LogP contribution in [0.5, 0.6) is 0 Å². The first-order chi connectivity index (χ1) is 11.9. The van der Waals surface area contributed by atoms with Gasteiger partial charge in [0.1, 0.15) is 0 Å². The Morgan fingerprint density at radius 3 is 2.32 bits per heavy atom. The third-order valence-electron chi connectivity index (χ3n) is 4.38. The molecule has 1 aliphatic heterocycles. The van der Waals surface area contributed by atoms with Gasteiger partial charge in [0.15, 0.2) is 13.2 Å². The van der Waals surface area contributed by atoms with E-state index in [1.54, 1.807) is 4.90 Å². The van der Waals surface area contributed by atoms with Crippen molar-refractivity contribution in [1.82, 2.24) is 4.90 Å². The lowest BCUT2D eigenvalue weighted by atomic mass is 10.1. The number of quaternary nitrogens is 1. The van der Waals surface area contributed by atoms with E-state index in [9.17, 15) is 14.4 Å². The predicted molar refractivity (Wildman–Crippen MR) is 93.3 cm³/mol. The van der Waals surface area contributed by atoms with Crippen molar-refractivity contribution in [3.05, 3.63) is 29.3 Å². The summed E-state index contributed by atoms with van der Waals surface area (Å²) in [7, 11) is 0. The van der Waals surface area contributed by atoms with E-state index in [2.05, 4.69) is 5.32 Å². The van der Waals surface area contributed by atoms with Gasteiger partial charge in [0.2, 0.25) is 0 Å². The Morgan fingerprint density at radius 2 is 1.76 bits per heavy atom. The van der Waals surface area contributed by atoms with Crippen molar-refractivity contribution in [3.63, 3.8) is 0 Å². The fourth-order valence-corrected chi connectivity index (χ4v) is 2.93. The minimum atomic E-state index is -0.458. The molecule has 0 atom stereocenters. The Morgan fingerprint density at radius 1 is 1.16 bits per heavy atom. The number of nitrogens with zero attached hydrogens (tertiary/aromatic N) is 1. The molecule has 2 amide bonds. The van der Waals surface area contributed by atoms with Crippen LogP contribution >= 0.6 is 0 Å². The molecule has 0 unspecified atom stereocenters. The zero-order chi connectivity index (χ0) is 18.4. The molecule has 1 saturated heterocycles. The van der Waals surface area contributed by atoms with Gasteiger partial charge < -0.3 is 19.9 Å².